The smallest absolute Gasteiger partial charge is 0.270 e. The van der Waals surface area contributed by atoms with Gasteiger partial charge in [0.25, 0.3) is 5.91 Å². The zero-order chi connectivity index (χ0) is 17.5. The Balaban J connectivity index is 1.52. The number of nitrogens with zero attached hydrogens (tertiary/aromatic N) is 2. The van der Waals surface area contributed by atoms with Crippen molar-refractivity contribution in [1.82, 2.24) is 15.3 Å². The van der Waals surface area contributed by atoms with Crippen molar-refractivity contribution in [3.63, 3.8) is 0 Å². The molecule has 132 valence electrons. The highest BCUT2D eigenvalue weighted by atomic mass is 16.5. The van der Waals surface area contributed by atoms with Crippen LogP contribution in [0.3, 0.4) is 0 Å². The van der Waals surface area contributed by atoms with Crippen LogP contribution in [0.2, 0.25) is 0 Å². The minimum absolute atomic E-state index is 0.181. The second-order valence-corrected chi connectivity index (χ2v) is 6.27. The summed E-state index contributed by atoms with van der Waals surface area (Å²) in [5.74, 6) is 1.36. The average molecular weight is 340 g/mol. The maximum absolute atomic E-state index is 12.3. The summed E-state index contributed by atoms with van der Waals surface area (Å²) in [6.07, 6.45) is 6.99. The molecule has 0 saturated heterocycles. The van der Waals surface area contributed by atoms with E-state index in [1.54, 1.807) is 13.2 Å². The first-order chi connectivity index (χ1) is 12.2. The van der Waals surface area contributed by atoms with E-state index < -0.39 is 0 Å². The van der Waals surface area contributed by atoms with Crippen molar-refractivity contribution in [2.24, 2.45) is 0 Å². The topological polar surface area (TPSA) is 76.1 Å². The van der Waals surface area contributed by atoms with Gasteiger partial charge >= 0.3 is 0 Å². The maximum Gasteiger partial charge on any atom is 0.270 e. The van der Waals surface area contributed by atoms with Gasteiger partial charge in [0.15, 0.2) is 0 Å². The third-order valence-electron chi connectivity index (χ3n) is 4.44. The summed E-state index contributed by atoms with van der Waals surface area (Å²) < 4.78 is 5.21. The Hall–Kier alpha value is -2.63. The van der Waals surface area contributed by atoms with Gasteiger partial charge in [-0.25, -0.2) is 9.97 Å². The summed E-state index contributed by atoms with van der Waals surface area (Å²) in [5, 5.41) is 6.29. The number of carbonyl (C=O) groups is 1. The van der Waals surface area contributed by atoms with Crippen LogP contribution in [-0.4, -0.2) is 35.6 Å². The van der Waals surface area contributed by atoms with Crippen LogP contribution in [0.15, 0.2) is 36.7 Å². The van der Waals surface area contributed by atoms with E-state index in [4.69, 9.17) is 4.74 Å². The van der Waals surface area contributed by atoms with Gasteiger partial charge in [-0.3, -0.25) is 4.79 Å². The maximum atomic E-state index is 12.3. The third kappa shape index (κ3) is 4.92. The highest BCUT2D eigenvalue weighted by molar-refractivity contribution is 5.92. The van der Waals surface area contributed by atoms with Gasteiger partial charge in [0.1, 0.15) is 23.6 Å². The molecule has 1 heterocycles. The Bertz CT molecular complexity index is 714. The van der Waals surface area contributed by atoms with Gasteiger partial charge in [-0.15, -0.1) is 0 Å². The largest absolute Gasteiger partial charge is 0.497 e. The van der Waals surface area contributed by atoms with E-state index in [2.05, 4.69) is 20.6 Å². The van der Waals surface area contributed by atoms with E-state index in [1.807, 2.05) is 24.3 Å². The molecule has 6 heteroatoms. The van der Waals surface area contributed by atoms with Crippen LogP contribution in [-0.2, 0) is 6.42 Å². The molecule has 0 bridgehead atoms. The van der Waals surface area contributed by atoms with E-state index in [0.717, 1.165) is 36.4 Å². The minimum Gasteiger partial charge on any atom is -0.497 e. The highest BCUT2D eigenvalue weighted by Crippen LogP contribution is 2.21. The van der Waals surface area contributed by atoms with Crippen LogP contribution in [0.4, 0.5) is 5.82 Å². The first-order valence-corrected chi connectivity index (χ1v) is 8.74. The summed E-state index contributed by atoms with van der Waals surface area (Å²) in [5.41, 5.74) is 1.51. The number of amides is 1. The number of aromatic nitrogens is 2. The number of rotatable bonds is 7. The number of hydrogen-bond acceptors (Lipinski definition) is 5. The van der Waals surface area contributed by atoms with Crippen LogP contribution in [0.25, 0.3) is 0 Å². The number of carbonyl (C=O) groups excluding carboxylic acids is 1. The number of ether oxygens (including phenoxy) is 1. The highest BCUT2D eigenvalue weighted by Gasteiger charge is 2.16. The fourth-order valence-corrected chi connectivity index (χ4v) is 3.08. The molecule has 1 aliphatic rings. The molecule has 1 saturated carbocycles. The van der Waals surface area contributed by atoms with Crippen molar-refractivity contribution in [3.8, 4) is 5.75 Å². The van der Waals surface area contributed by atoms with Crippen LogP contribution < -0.4 is 15.4 Å². The van der Waals surface area contributed by atoms with E-state index >= 15 is 0 Å². The molecule has 0 radical (unpaired) electrons. The Labute approximate surface area is 148 Å². The number of nitrogens with one attached hydrogen (secondary N) is 2. The standard InChI is InChI=1S/C19H24N4O2/c1-25-16-8-4-5-14(11-16)9-10-20-19(24)17-12-18(22-13-21-17)23-15-6-2-3-7-15/h4-5,8,11-13,15H,2-3,6-7,9-10H2,1H3,(H,20,24)(H,21,22,23). The van der Waals surface area contributed by atoms with E-state index in [1.165, 1.54) is 19.2 Å². The lowest BCUT2D eigenvalue weighted by Gasteiger charge is -2.12. The van der Waals surface area contributed by atoms with Gasteiger partial charge in [0.05, 0.1) is 7.11 Å². The fraction of sp³-hybridized carbons (Fsp3) is 0.421. The second-order valence-electron chi connectivity index (χ2n) is 6.27. The van der Waals surface area contributed by atoms with Crippen LogP contribution in [0.1, 0.15) is 41.7 Å². The lowest BCUT2D eigenvalue weighted by molar-refractivity contribution is 0.0949. The first-order valence-electron chi connectivity index (χ1n) is 8.74. The predicted molar refractivity (Wildman–Crippen MR) is 96.9 cm³/mol. The van der Waals surface area contributed by atoms with Gasteiger partial charge < -0.3 is 15.4 Å². The first kappa shape index (κ1) is 17.2. The molecule has 1 aromatic carbocycles. The number of methoxy groups -OCH3 is 1. The number of anilines is 1. The average Bonchev–Trinajstić information content (AvgIpc) is 3.15. The quantitative estimate of drug-likeness (QED) is 0.810. The molecule has 2 N–H and O–H groups in total. The van der Waals surface area contributed by atoms with Crippen molar-refractivity contribution < 1.29 is 9.53 Å². The zero-order valence-corrected chi connectivity index (χ0v) is 14.5. The van der Waals surface area contributed by atoms with Gasteiger partial charge in [0, 0.05) is 18.7 Å². The Kier molecular flexibility index (Phi) is 5.82. The van der Waals surface area contributed by atoms with Crippen LogP contribution >= 0.6 is 0 Å². The van der Waals surface area contributed by atoms with Crippen molar-refractivity contribution in [2.45, 2.75) is 38.1 Å². The van der Waals surface area contributed by atoms with Gasteiger partial charge in [-0.1, -0.05) is 25.0 Å². The third-order valence-corrected chi connectivity index (χ3v) is 4.44. The minimum atomic E-state index is -0.181. The Morgan fingerprint density at radius 2 is 2.08 bits per heavy atom. The molecule has 1 aliphatic carbocycles. The van der Waals surface area contributed by atoms with Gasteiger partial charge in [-0.05, 0) is 37.0 Å². The van der Waals surface area contributed by atoms with Crippen molar-refractivity contribution in [3.05, 3.63) is 47.9 Å². The summed E-state index contributed by atoms with van der Waals surface area (Å²) >= 11 is 0. The molecule has 2 aromatic rings. The van der Waals surface area contributed by atoms with E-state index in [9.17, 15) is 4.79 Å². The predicted octanol–water partition coefficient (Wildman–Crippen LogP) is 2.81. The van der Waals surface area contributed by atoms with Crippen LogP contribution in [0.5, 0.6) is 5.75 Å². The van der Waals surface area contributed by atoms with Crippen molar-refractivity contribution in [1.29, 1.82) is 0 Å². The summed E-state index contributed by atoms with van der Waals surface area (Å²) in [6.45, 7) is 0.543. The molecular weight excluding hydrogens is 316 g/mol. The molecule has 1 amide bonds. The summed E-state index contributed by atoms with van der Waals surface area (Å²) in [6, 6.07) is 10.0. The SMILES string of the molecule is COc1cccc(CCNC(=O)c2cc(NC3CCCC3)ncn2)c1. The lowest BCUT2D eigenvalue weighted by atomic mass is 10.1. The number of hydrogen-bond donors (Lipinski definition) is 2. The molecule has 0 spiro atoms. The summed E-state index contributed by atoms with van der Waals surface area (Å²) in [4.78, 5) is 20.6. The van der Waals surface area contributed by atoms with Crippen LogP contribution in [0, 0.1) is 0 Å². The molecule has 3 rings (SSSR count). The monoisotopic (exact) mass is 340 g/mol. The Morgan fingerprint density at radius 3 is 2.88 bits per heavy atom. The molecule has 0 aliphatic heterocycles. The summed E-state index contributed by atoms with van der Waals surface area (Å²) in [7, 11) is 1.65. The number of benzene rings is 1. The molecule has 1 aromatic heterocycles. The molecule has 0 atom stereocenters. The van der Waals surface area contributed by atoms with Crippen molar-refractivity contribution >= 4 is 11.7 Å². The molecular formula is C19H24N4O2. The van der Waals surface area contributed by atoms with Crippen molar-refractivity contribution in [2.75, 3.05) is 19.0 Å². The van der Waals surface area contributed by atoms with Gasteiger partial charge in [0.2, 0.25) is 0 Å². The molecule has 0 unspecified atom stereocenters. The van der Waals surface area contributed by atoms with E-state index in [-0.39, 0.29) is 5.91 Å². The normalized spacial score (nSPS) is 14.3. The molecule has 25 heavy (non-hydrogen) atoms. The lowest BCUT2D eigenvalue weighted by Crippen LogP contribution is -2.27. The molecule has 1 fully saturated rings. The van der Waals surface area contributed by atoms with E-state index in [0.29, 0.717) is 18.3 Å². The Morgan fingerprint density at radius 1 is 1.24 bits per heavy atom. The second kappa shape index (κ2) is 8.46. The zero-order valence-electron chi connectivity index (χ0n) is 14.5. The van der Waals surface area contributed by atoms with Gasteiger partial charge in [-0.2, -0.15) is 0 Å². The fourth-order valence-electron chi connectivity index (χ4n) is 3.08. The molecule has 6 nitrogen and oxygen atoms in total.